The monoisotopic (exact) mass is 562 g/mol. The minimum atomic E-state index is -5.39. The van der Waals surface area contributed by atoms with Crippen molar-refractivity contribution in [2.45, 2.75) is 56.2 Å². The Bertz CT molecular complexity index is 1120. The van der Waals surface area contributed by atoms with E-state index in [0.29, 0.717) is 0 Å². The summed E-state index contributed by atoms with van der Waals surface area (Å²) in [4.78, 5) is 45.0. The Hall–Kier alpha value is -1.30. The number of rotatable bonds is 9. The quantitative estimate of drug-likeness (QED) is 0.141. The van der Waals surface area contributed by atoms with Crippen LogP contribution in [0, 0.1) is 11.8 Å². The lowest BCUT2D eigenvalue weighted by molar-refractivity contribution is -0.259. The standard InChI is InChI=1S/C17H28N2O15P2/c1-7-12(22)15(25)10(5-20)32-16(7)33-36(29,30)34-35(27,28)31-6-8-4-9(14(24)13(8)23)19-3-2-11(21)18-17(19)26/h2-3,7-10,12-16,20,22-25H,4-6H2,1H3,(H,27,28)(H,29,30)(H,18,21,26)/t7-,8-,9-,10-,12-,13-,14-,15+,16-/m1/s1. The molecular formula is C17H28N2O15P2. The normalized spacial score (nSPS) is 38.4. The van der Waals surface area contributed by atoms with E-state index >= 15 is 0 Å². The van der Waals surface area contributed by atoms with Crippen molar-refractivity contribution in [3.05, 3.63) is 33.1 Å². The van der Waals surface area contributed by atoms with Crippen LogP contribution in [0.15, 0.2) is 21.9 Å². The first-order valence-corrected chi connectivity index (χ1v) is 13.6. The van der Waals surface area contributed by atoms with Crippen LogP contribution in [-0.4, -0.2) is 94.9 Å². The summed E-state index contributed by atoms with van der Waals surface area (Å²) >= 11 is 0. The SMILES string of the molecule is C[C@H]1[C@@H](OP(=O)(O)OP(=O)(O)OC[C@H]2C[C@@H](n3ccc(=O)[nH]c3=O)[C@@H](O)[C@@H]2O)O[C@H](CO)[C@H](O)[C@@H]1O. The van der Waals surface area contributed by atoms with E-state index in [-0.39, 0.29) is 6.42 Å². The van der Waals surface area contributed by atoms with Gasteiger partial charge in [0, 0.05) is 24.1 Å². The average Bonchev–Trinajstić information content (AvgIpc) is 3.06. The predicted molar refractivity (Wildman–Crippen MR) is 115 cm³/mol. The van der Waals surface area contributed by atoms with Gasteiger partial charge in [-0.25, -0.2) is 13.9 Å². The second-order valence-corrected chi connectivity index (χ2v) is 11.5. The molecule has 1 aromatic heterocycles. The maximum Gasteiger partial charge on any atom is 0.483 e. The number of nitrogens with one attached hydrogen (secondary N) is 1. The number of aromatic amines is 1. The molecule has 1 aliphatic carbocycles. The number of H-pyrrole nitrogens is 1. The molecule has 206 valence electrons. The number of aliphatic hydroxyl groups excluding tert-OH is 5. The Morgan fingerprint density at radius 3 is 2.36 bits per heavy atom. The maximum absolute atomic E-state index is 12.3. The molecule has 8 N–H and O–H groups in total. The fourth-order valence-corrected chi connectivity index (χ4v) is 6.33. The number of phosphoric ester groups is 2. The lowest BCUT2D eigenvalue weighted by Gasteiger charge is -2.40. The van der Waals surface area contributed by atoms with Crippen molar-refractivity contribution in [3.8, 4) is 0 Å². The van der Waals surface area contributed by atoms with Crippen molar-refractivity contribution in [1.82, 2.24) is 9.55 Å². The summed E-state index contributed by atoms with van der Waals surface area (Å²) < 4.78 is 44.2. The first kappa shape index (κ1) is 29.3. The molecule has 0 radical (unpaired) electrons. The van der Waals surface area contributed by atoms with Crippen LogP contribution in [-0.2, 0) is 27.2 Å². The number of nitrogens with zero attached hydrogens (tertiary/aromatic N) is 1. The highest BCUT2D eigenvalue weighted by Crippen LogP contribution is 2.62. The van der Waals surface area contributed by atoms with Crippen molar-refractivity contribution in [2.24, 2.45) is 11.8 Å². The zero-order valence-corrected chi connectivity index (χ0v) is 20.5. The smallest absolute Gasteiger partial charge is 0.394 e. The topological polar surface area (TPSA) is 268 Å². The molecule has 2 fully saturated rings. The van der Waals surface area contributed by atoms with E-state index in [0.717, 1.165) is 16.8 Å². The molecule has 36 heavy (non-hydrogen) atoms. The molecule has 0 aromatic carbocycles. The fourth-order valence-electron chi connectivity index (χ4n) is 4.06. The average molecular weight is 562 g/mol. The maximum atomic E-state index is 12.3. The van der Waals surface area contributed by atoms with E-state index in [1.807, 2.05) is 4.98 Å². The molecule has 11 atom stereocenters. The molecule has 1 aliphatic heterocycles. The van der Waals surface area contributed by atoms with Crippen LogP contribution in [0.1, 0.15) is 19.4 Å². The molecule has 2 unspecified atom stereocenters. The summed E-state index contributed by atoms with van der Waals surface area (Å²) in [7, 11) is -10.7. The summed E-state index contributed by atoms with van der Waals surface area (Å²) in [6.45, 7) is -0.253. The van der Waals surface area contributed by atoms with Gasteiger partial charge >= 0.3 is 21.3 Å². The first-order valence-electron chi connectivity index (χ1n) is 10.7. The van der Waals surface area contributed by atoms with E-state index in [9.17, 15) is 54.0 Å². The van der Waals surface area contributed by atoms with Gasteiger partial charge < -0.3 is 40.1 Å². The number of ether oxygens (including phenoxy) is 1. The largest absolute Gasteiger partial charge is 0.483 e. The molecular weight excluding hydrogens is 534 g/mol. The number of hydrogen-bond acceptors (Lipinski definition) is 13. The van der Waals surface area contributed by atoms with Crippen molar-refractivity contribution in [2.75, 3.05) is 13.2 Å². The van der Waals surface area contributed by atoms with E-state index in [1.165, 1.54) is 6.92 Å². The van der Waals surface area contributed by atoms with Crippen LogP contribution in [0.4, 0.5) is 0 Å². The molecule has 1 aromatic rings. The van der Waals surface area contributed by atoms with Crippen LogP contribution < -0.4 is 11.2 Å². The minimum absolute atomic E-state index is 0.141. The van der Waals surface area contributed by atoms with Gasteiger partial charge in [0.1, 0.15) is 18.3 Å². The third-order valence-electron chi connectivity index (χ3n) is 6.06. The molecule has 1 saturated carbocycles. The first-order chi connectivity index (χ1) is 16.7. The lowest BCUT2D eigenvalue weighted by atomic mass is 9.93. The molecule has 3 rings (SSSR count). The zero-order chi connectivity index (χ0) is 27.0. The summed E-state index contributed by atoms with van der Waals surface area (Å²) in [6, 6.07) is 0.00788. The van der Waals surface area contributed by atoms with Crippen molar-refractivity contribution in [3.63, 3.8) is 0 Å². The van der Waals surface area contributed by atoms with E-state index in [4.69, 9.17) is 9.26 Å². The molecule has 1 saturated heterocycles. The number of phosphoric acid groups is 2. The van der Waals surface area contributed by atoms with Crippen molar-refractivity contribution >= 4 is 15.6 Å². The molecule has 2 aliphatic rings. The van der Waals surface area contributed by atoms with Crippen molar-refractivity contribution in [1.29, 1.82) is 0 Å². The molecule has 19 heteroatoms. The fraction of sp³-hybridized carbons (Fsp3) is 0.765. The van der Waals surface area contributed by atoms with Gasteiger partial charge in [-0.15, -0.1) is 0 Å². The third kappa shape index (κ3) is 6.57. The molecule has 0 bridgehead atoms. The Morgan fingerprint density at radius 2 is 1.75 bits per heavy atom. The number of aromatic nitrogens is 2. The summed E-state index contributed by atoms with van der Waals surface area (Å²) in [5.41, 5.74) is -1.53. The van der Waals surface area contributed by atoms with Crippen LogP contribution in [0.3, 0.4) is 0 Å². The second-order valence-electron chi connectivity index (χ2n) is 8.55. The Labute approximate surface area is 202 Å². The van der Waals surface area contributed by atoms with Gasteiger partial charge in [-0.2, -0.15) is 4.31 Å². The predicted octanol–water partition coefficient (Wildman–Crippen LogP) is -2.85. The highest BCUT2D eigenvalue weighted by Gasteiger charge is 2.48. The van der Waals surface area contributed by atoms with E-state index in [1.54, 1.807) is 0 Å². The Kier molecular flexibility index (Phi) is 9.11. The van der Waals surface area contributed by atoms with Gasteiger partial charge in [-0.05, 0) is 6.42 Å². The van der Waals surface area contributed by atoms with Gasteiger partial charge in [0.25, 0.3) is 5.56 Å². The molecule has 2 heterocycles. The second kappa shape index (κ2) is 11.2. The highest BCUT2D eigenvalue weighted by atomic mass is 31.3. The lowest BCUT2D eigenvalue weighted by Crippen LogP contribution is -2.55. The Balaban J connectivity index is 1.61. The summed E-state index contributed by atoms with van der Waals surface area (Å²) in [5, 5.41) is 49.6. The molecule has 17 nitrogen and oxygen atoms in total. The summed E-state index contributed by atoms with van der Waals surface area (Å²) in [5.74, 6) is -2.15. The van der Waals surface area contributed by atoms with E-state index < -0.39 is 94.8 Å². The Morgan fingerprint density at radius 1 is 1.08 bits per heavy atom. The van der Waals surface area contributed by atoms with Crippen LogP contribution >= 0.6 is 15.6 Å². The molecule has 0 amide bonds. The minimum Gasteiger partial charge on any atom is -0.394 e. The van der Waals surface area contributed by atoms with Gasteiger partial charge in [-0.1, -0.05) is 6.92 Å². The van der Waals surface area contributed by atoms with Gasteiger partial charge in [0.2, 0.25) is 0 Å². The zero-order valence-electron chi connectivity index (χ0n) is 18.7. The van der Waals surface area contributed by atoms with Gasteiger partial charge in [0.05, 0.1) is 31.5 Å². The van der Waals surface area contributed by atoms with Crippen LogP contribution in [0.5, 0.6) is 0 Å². The number of hydrogen-bond donors (Lipinski definition) is 8. The van der Waals surface area contributed by atoms with Gasteiger partial charge in [0.15, 0.2) is 6.29 Å². The van der Waals surface area contributed by atoms with Gasteiger partial charge in [-0.3, -0.25) is 23.4 Å². The van der Waals surface area contributed by atoms with E-state index in [2.05, 4.69) is 8.83 Å². The number of aliphatic hydroxyl groups is 5. The highest BCUT2D eigenvalue weighted by molar-refractivity contribution is 7.61. The van der Waals surface area contributed by atoms with Crippen LogP contribution in [0.25, 0.3) is 0 Å². The van der Waals surface area contributed by atoms with Crippen molar-refractivity contribution < 1.29 is 62.5 Å². The third-order valence-corrected chi connectivity index (χ3v) is 8.66. The summed E-state index contributed by atoms with van der Waals surface area (Å²) in [6.07, 6.45) is -8.24. The van der Waals surface area contributed by atoms with Crippen LogP contribution in [0.2, 0.25) is 0 Å². The molecule has 0 spiro atoms.